The molecule has 3 rings (SSSR count). The third-order valence-electron chi connectivity index (χ3n) is 3.54. The first-order valence-corrected chi connectivity index (χ1v) is 7.16. The summed E-state index contributed by atoms with van der Waals surface area (Å²) < 4.78 is 11.1. The van der Waals surface area contributed by atoms with Crippen molar-refractivity contribution in [2.75, 3.05) is 7.11 Å². The van der Waals surface area contributed by atoms with E-state index in [2.05, 4.69) is 0 Å². The molecule has 21 heavy (non-hydrogen) atoms. The van der Waals surface area contributed by atoms with Gasteiger partial charge in [0, 0.05) is 12.7 Å². The van der Waals surface area contributed by atoms with Gasteiger partial charge in [-0.05, 0) is 42.7 Å². The Morgan fingerprint density at radius 2 is 1.71 bits per heavy atom. The van der Waals surface area contributed by atoms with Crippen molar-refractivity contribution in [3.63, 3.8) is 0 Å². The van der Waals surface area contributed by atoms with Crippen LogP contribution in [0.15, 0.2) is 54.6 Å². The first kappa shape index (κ1) is 13.8. The number of hydrogen-bond donors (Lipinski definition) is 0. The minimum absolute atomic E-state index is 0.0401. The van der Waals surface area contributed by atoms with E-state index in [1.165, 1.54) is 0 Å². The number of hydrogen-bond acceptors (Lipinski definition) is 3. The van der Waals surface area contributed by atoms with Gasteiger partial charge in [0.1, 0.15) is 11.9 Å². The number of ether oxygens (including phenoxy) is 2. The summed E-state index contributed by atoms with van der Waals surface area (Å²) in [7, 11) is 1.56. The standard InChI is InChI=1S/C18H18O3/c1-20-18(14-5-3-2-4-6-14)17(19)13-7-9-15(10-8-13)21-16-11-12-16/h2-10,16,18H,11-12H2,1H3. The van der Waals surface area contributed by atoms with Crippen LogP contribution in [0, 0.1) is 0 Å². The largest absolute Gasteiger partial charge is 0.490 e. The van der Waals surface area contributed by atoms with Gasteiger partial charge < -0.3 is 9.47 Å². The van der Waals surface area contributed by atoms with Gasteiger partial charge in [-0.3, -0.25) is 4.79 Å². The second-order valence-corrected chi connectivity index (χ2v) is 5.23. The fourth-order valence-corrected chi connectivity index (χ4v) is 2.25. The first-order chi connectivity index (χ1) is 10.3. The monoisotopic (exact) mass is 282 g/mol. The lowest BCUT2D eigenvalue weighted by molar-refractivity contribution is 0.0604. The van der Waals surface area contributed by atoms with E-state index in [0.29, 0.717) is 11.7 Å². The highest BCUT2D eigenvalue weighted by Gasteiger charge is 2.24. The maximum absolute atomic E-state index is 12.6. The van der Waals surface area contributed by atoms with E-state index in [4.69, 9.17) is 9.47 Å². The molecule has 2 aromatic rings. The van der Waals surface area contributed by atoms with Crippen molar-refractivity contribution in [1.82, 2.24) is 0 Å². The van der Waals surface area contributed by atoms with Crippen molar-refractivity contribution >= 4 is 5.78 Å². The second kappa shape index (κ2) is 6.10. The molecule has 108 valence electrons. The van der Waals surface area contributed by atoms with Gasteiger partial charge >= 0.3 is 0 Å². The predicted octanol–water partition coefficient (Wildman–Crippen LogP) is 3.80. The van der Waals surface area contributed by atoms with Crippen LogP contribution in [0.2, 0.25) is 0 Å². The zero-order chi connectivity index (χ0) is 14.7. The van der Waals surface area contributed by atoms with Crippen LogP contribution in [0.25, 0.3) is 0 Å². The molecule has 1 atom stereocenters. The SMILES string of the molecule is COC(C(=O)c1ccc(OC2CC2)cc1)c1ccccc1. The Kier molecular flexibility index (Phi) is 4.02. The van der Waals surface area contributed by atoms with E-state index < -0.39 is 6.10 Å². The summed E-state index contributed by atoms with van der Waals surface area (Å²) in [5.74, 6) is 0.782. The van der Waals surface area contributed by atoms with Crippen molar-refractivity contribution < 1.29 is 14.3 Å². The summed E-state index contributed by atoms with van der Waals surface area (Å²) >= 11 is 0. The average Bonchev–Trinajstić information content (AvgIpc) is 3.34. The zero-order valence-electron chi connectivity index (χ0n) is 12.0. The smallest absolute Gasteiger partial charge is 0.196 e. The third kappa shape index (κ3) is 3.31. The molecule has 0 bridgehead atoms. The summed E-state index contributed by atoms with van der Waals surface area (Å²) in [5, 5.41) is 0. The Labute approximate surface area is 124 Å². The van der Waals surface area contributed by atoms with Gasteiger partial charge in [-0.15, -0.1) is 0 Å². The molecule has 0 aliphatic heterocycles. The minimum Gasteiger partial charge on any atom is -0.490 e. The van der Waals surface area contributed by atoms with E-state index in [0.717, 1.165) is 24.2 Å². The summed E-state index contributed by atoms with van der Waals surface area (Å²) in [6, 6.07) is 16.8. The average molecular weight is 282 g/mol. The third-order valence-corrected chi connectivity index (χ3v) is 3.54. The van der Waals surface area contributed by atoms with Crippen LogP contribution in [-0.4, -0.2) is 19.0 Å². The van der Waals surface area contributed by atoms with Crippen LogP contribution >= 0.6 is 0 Å². The molecule has 1 aliphatic carbocycles. The van der Waals surface area contributed by atoms with Crippen molar-refractivity contribution in [2.24, 2.45) is 0 Å². The van der Waals surface area contributed by atoms with E-state index in [-0.39, 0.29) is 5.78 Å². The highest BCUT2D eigenvalue weighted by atomic mass is 16.5. The molecule has 0 amide bonds. The van der Waals surface area contributed by atoms with Crippen molar-refractivity contribution in [2.45, 2.75) is 25.0 Å². The number of rotatable bonds is 6. The molecular weight excluding hydrogens is 264 g/mol. The van der Waals surface area contributed by atoms with Gasteiger partial charge in [-0.25, -0.2) is 0 Å². The first-order valence-electron chi connectivity index (χ1n) is 7.16. The summed E-state index contributed by atoms with van der Waals surface area (Å²) in [4.78, 5) is 12.6. The maximum atomic E-state index is 12.6. The van der Waals surface area contributed by atoms with Gasteiger partial charge in [0.05, 0.1) is 6.10 Å². The van der Waals surface area contributed by atoms with Crippen LogP contribution in [0.3, 0.4) is 0 Å². The highest BCUT2D eigenvalue weighted by Crippen LogP contribution is 2.28. The Morgan fingerprint density at radius 1 is 1.05 bits per heavy atom. The minimum atomic E-state index is -0.568. The van der Waals surface area contributed by atoms with Gasteiger partial charge in [0.15, 0.2) is 5.78 Å². The van der Waals surface area contributed by atoms with Crippen LogP contribution in [0.5, 0.6) is 5.75 Å². The molecule has 0 radical (unpaired) electrons. The Balaban J connectivity index is 1.76. The number of benzene rings is 2. The Morgan fingerprint density at radius 3 is 2.29 bits per heavy atom. The number of methoxy groups -OCH3 is 1. The molecule has 0 N–H and O–H groups in total. The Hall–Kier alpha value is -2.13. The van der Waals surface area contributed by atoms with Gasteiger partial charge in [-0.2, -0.15) is 0 Å². The molecule has 0 spiro atoms. The molecular formula is C18H18O3. The normalized spacial score (nSPS) is 15.5. The second-order valence-electron chi connectivity index (χ2n) is 5.23. The predicted molar refractivity (Wildman–Crippen MR) is 80.6 cm³/mol. The van der Waals surface area contributed by atoms with Gasteiger partial charge in [0.25, 0.3) is 0 Å². The quantitative estimate of drug-likeness (QED) is 0.756. The molecule has 0 aromatic heterocycles. The van der Waals surface area contributed by atoms with Crippen molar-refractivity contribution in [3.8, 4) is 5.75 Å². The summed E-state index contributed by atoms with van der Waals surface area (Å²) in [6.45, 7) is 0. The molecule has 1 fully saturated rings. The number of carbonyl (C=O) groups excluding carboxylic acids is 1. The molecule has 0 heterocycles. The summed E-state index contributed by atoms with van der Waals surface area (Å²) in [6.07, 6.45) is 2.05. The Bertz CT molecular complexity index is 600. The molecule has 2 aromatic carbocycles. The topological polar surface area (TPSA) is 35.5 Å². The van der Waals surface area contributed by atoms with Crippen molar-refractivity contribution in [1.29, 1.82) is 0 Å². The number of ketones is 1. The van der Waals surface area contributed by atoms with Crippen LogP contribution in [0.4, 0.5) is 0 Å². The number of Topliss-reactive ketones (excluding diaryl/α,β-unsaturated/α-hetero) is 1. The van der Waals surface area contributed by atoms with Crippen molar-refractivity contribution in [3.05, 3.63) is 65.7 Å². The molecule has 1 saturated carbocycles. The fourth-order valence-electron chi connectivity index (χ4n) is 2.25. The lowest BCUT2D eigenvalue weighted by Gasteiger charge is -2.15. The molecule has 3 nitrogen and oxygen atoms in total. The van der Waals surface area contributed by atoms with Crippen LogP contribution in [0.1, 0.15) is 34.9 Å². The molecule has 1 aliphatic rings. The van der Waals surface area contributed by atoms with Gasteiger partial charge in [0.2, 0.25) is 0 Å². The number of carbonyl (C=O) groups is 1. The molecule has 0 saturated heterocycles. The zero-order valence-corrected chi connectivity index (χ0v) is 12.0. The van der Waals surface area contributed by atoms with Gasteiger partial charge in [-0.1, -0.05) is 30.3 Å². The molecule has 1 unspecified atom stereocenters. The lowest BCUT2D eigenvalue weighted by Crippen LogP contribution is -2.14. The van der Waals surface area contributed by atoms with E-state index >= 15 is 0 Å². The van der Waals surface area contributed by atoms with Crippen LogP contribution in [-0.2, 0) is 4.74 Å². The summed E-state index contributed by atoms with van der Waals surface area (Å²) in [5.41, 5.74) is 1.50. The molecule has 3 heteroatoms. The lowest BCUT2D eigenvalue weighted by atomic mass is 10.00. The van der Waals surface area contributed by atoms with E-state index in [9.17, 15) is 4.79 Å². The van der Waals surface area contributed by atoms with E-state index in [1.54, 1.807) is 19.2 Å². The van der Waals surface area contributed by atoms with E-state index in [1.807, 2.05) is 42.5 Å². The van der Waals surface area contributed by atoms with Crippen LogP contribution < -0.4 is 4.74 Å². The maximum Gasteiger partial charge on any atom is 0.196 e. The highest BCUT2D eigenvalue weighted by molar-refractivity contribution is 6.00. The fraction of sp³-hybridized carbons (Fsp3) is 0.278.